The Morgan fingerprint density at radius 3 is 2.60 bits per heavy atom. The average Bonchev–Trinajstić information content (AvgIpc) is 2.54. The minimum absolute atomic E-state index is 0.316. The SMILES string of the molecule is CC(NC1CCCC(C)(C)CC1)c1ccc(Cl)c(Cl)c1. The van der Waals surface area contributed by atoms with E-state index in [4.69, 9.17) is 23.2 Å². The first kappa shape index (κ1) is 16.1. The molecule has 0 aromatic heterocycles. The topological polar surface area (TPSA) is 12.0 Å². The molecule has 0 radical (unpaired) electrons. The minimum atomic E-state index is 0.316. The lowest BCUT2D eigenvalue weighted by atomic mass is 9.85. The first-order valence-electron chi connectivity index (χ1n) is 7.58. The number of rotatable bonds is 3. The number of hydrogen-bond donors (Lipinski definition) is 1. The largest absolute Gasteiger partial charge is 0.307 e. The highest BCUT2D eigenvalue weighted by molar-refractivity contribution is 6.42. The summed E-state index contributed by atoms with van der Waals surface area (Å²) in [6.45, 7) is 6.98. The Hall–Kier alpha value is -0.240. The van der Waals surface area contributed by atoms with E-state index < -0.39 is 0 Å². The fourth-order valence-corrected chi connectivity index (χ4v) is 3.37. The van der Waals surface area contributed by atoms with Gasteiger partial charge >= 0.3 is 0 Å². The molecule has 1 fully saturated rings. The van der Waals surface area contributed by atoms with E-state index in [2.05, 4.69) is 32.2 Å². The molecule has 1 aliphatic carbocycles. The van der Waals surface area contributed by atoms with Crippen LogP contribution in [0.2, 0.25) is 10.0 Å². The van der Waals surface area contributed by atoms with E-state index >= 15 is 0 Å². The van der Waals surface area contributed by atoms with Crippen LogP contribution in [0.15, 0.2) is 18.2 Å². The van der Waals surface area contributed by atoms with Gasteiger partial charge < -0.3 is 5.32 Å². The van der Waals surface area contributed by atoms with Crippen LogP contribution in [-0.2, 0) is 0 Å². The predicted molar refractivity (Wildman–Crippen MR) is 88.7 cm³/mol. The second-order valence-electron chi connectivity index (χ2n) is 6.85. The molecule has 1 saturated carbocycles. The van der Waals surface area contributed by atoms with Gasteiger partial charge in [-0.15, -0.1) is 0 Å². The molecular weight excluding hydrogens is 289 g/mol. The van der Waals surface area contributed by atoms with E-state index in [0.29, 0.717) is 27.5 Å². The minimum Gasteiger partial charge on any atom is -0.307 e. The zero-order valence-corrected chi connectivity index (χ0v) is 14.2. The Labute approximate surface area is 133 Å². The third-order valence-electron chi connectivity index (χ3n) is 4.51. The van der Waals surface area contributed by atoms with Crippen molar-refractivity contribution >= 4 is 23.2 Å². The third kappa shape index (κ3) is 4.38. The molecule has 1 nitrogen and oxygen atoms in total. The van der Waals surface area contributed by atoms with Gasteiger partial charge in [-0.25, -0.2) is 0 Å². The summed E-state index contributed by atoms with van der Waals surface area (Å²) in [6, 6.07) is 6.85. The van der Waals surface area contributed by atoms with Crippen LogP contribution in [0.5, 0.6) is 0 Å². The molecule has 0 amide bonds. The van der Waals surface area contributed by atoms with Crippen molar-refractivity contribution in [2.24, 2.45) is 5.41 Å². The number of nitrogens with one attached hydrogen (secondary N) is 1. The second kappa shape index (κ2) is 6.68. The van der Waals surface area contributed by atoms with Gasteiger partial charge in [-0.3, -0.25) is 0 Å². The Balaban J connectivity index is 1.97. The van der Waals surface area contributed by atoms with Crippen molar-refractivity contribution in [1.82, 2.24) is 5.32 Å². The first-order valence-corrected chi connectivity index (χ1v) is 8.34. The van der Waals surface area contributed by atoms with Crippen LogP contribution in [-0.4, -0.2) is 6.04 Å². The van der Waals surface area contributed by atoms with Crippen molar-refractivity contribution in [1.29, 1.82) is 0 Å². The molecule has 2 atom stereocenters. The molecule has 1 N–H and O–H groups in total. The Kier molecular flexibility index (Phi) is 5.39. The van der Waals surface area contributed by atoms with Crippen LogP contribution < -0.4 is 5.32 Å². The predicted octanol–water partition coefficient (Wildman–Crippen LogP) is 6.00. The highest BCUT2D eigenvalue weighted by Gasteiger charge is 2.25. The van der Waals surface area contributed by atoms with Crippen LogP contribution in [0.1, 0.15) is 64.5 Å². The lowest BCUT2D eigenvalue weighted by Gasteiger charge is -2.24. The maximum Gasteiger partial charge on any atom is 0.0595 e. The molecular formula is C17H25Cl2N. The van der Waals surface area contributed by atoms with E-state index in [0.717, 1.165) is 0 Å². The maximum absolute atomic E-state index is 6.10. The molecule has 1 aromatic rings. The van der Waals surface area contributed by atoms with Gasteiger partial charge in [0.2, 0.25) is 0 Å². The maximum atomic E-state index is 6.10. The molecule has 0 spiro atoms. The van der Waals surface area contributed by atoms with Crippen molar-refractivity contribution < 1.29 is 0 Å². The monoisotopic (exact) mass is 313 g/mol. The van der Waals surface area contributed by atoms with Crippen molar-refractivity contribution in [2.75, 3.05) is 0 Å². The number of hydrogen-bond acceptors (Lipinski definition) is 1. The lowest BCUT2D eigenvalue weighted by Crippen LogP contribution is -2.31. The van der Waals surface area contributed by atoms with E-state index in [1.165, 1.54) is 37.7 Å². The summed E-state index contributed by atoms with van der Waals surface area (Å²) in [7, 11) is 0. The summed E-state index contributed by atoms with van der Waals surface area (Å²) in [4.78, 5) is 0. The molecule has 20 heavy (non-hydrogen) atoms. The summed E-state index contributed by atoms with van der Waals surface area (Å²) in [5, 5.41) is 5.02. The van der Waals surface area contributed by atoms with Gasteiger partial charge in [-0.2, -0.15) is 0 Å². The third-order valence-corrected chi connectivity index (χ3v) is 5.24. The van der Waals surface area contributed by atoms with E-state index in [1.54, 1.807) is 0 Å². The number of benzene rings is 1. The second-order valence-corrected chi connectivity index (χ2v) is 7.67. The van der Waals surface area contributed by atoms with Gasteiger partial charge in [0.25, 0.3) is 0 Å². The van der Waals surface area contributed by atoms with Gasteiger partial charge in [-0.05, 0) is 55.7 Å². The standard InChI is InChI=1S/C17H25Cl2N/c1-12(13-6-7-15(18)16(19)11-13)20-14-5-4-9-17(2,3)10-8-14/h6-7,11-12,14,20H,4-5,8-10H2,1-3H3. The summed E-state index contributed by atoms with van der Waals surface area (Å²) in [5.41, 5.74) is 1.71. The van der Waals surface area contributed by atoms with E-state index in [1.807, 2.05) is 12.1 Å². The highest BCUT2D eigenvalue weighted by Crippen LogP contribution is 2.34. The summed E-state index contributed by atoms with van der Waals surface area (Å²) >= 11 is 12.1. The molecule has 0 saturated heterocycles. The van der Waals surface area contributed by atoms with Gasteiger partial charge in [0.15, 0.2) is 0 Å². The highest BCUT2D eigenvalue weighted by atomic mass is 35.5. The quantitative estimate of drug-likeness (QED) is 0.674. The first-order chi connectivity index (χ1) is 9.37. The van der Waals surface area contributed by atoms with E-state index in [-0.39, 0.29) is 0 Å². The van der Waals surface area contributed by atoms with Crippen molar-refractivity contribution in [2.45, 2.75) is 65.0 Å². The molecule has 1 aromatic carbocycles. The normalized spacial score (nSPS) is 24.1. The Morgan fingerprint density at radius 2 is 1.90 bits per heavy atom. The Morgan fingerprint density at radius 1 is 1.15 bits per heavy atom. The molecule has 2 rings (SSSR count). The fourth-order valence-electron chi connectivity index (χ4n) is 3.06. The van der Waals surface area contributed by atoms with Crippen molar-refractivity contribution in [3.8, 4) is 0 Å². The van der Waals surface area contributed by atoms with Crippen LogP contribution >= 0.6 is 23.2 Å². The van der Waals surface area contributed by atoms with E-state index in [9.17, 15) is 0 Å². The van der Waals surface area contributed by atoms with Gasteiger partial charge in [0, 0.05) is 12.1 Å². The van der Waals surface area contributed by atoms with Gasteiger partial charge in [0.1, 0.15) is 0 Å². The van der Waals surface area contributed by atoms with Crippen LogP contribution in [0.3, 0.4) is 0 Å². The molecule has 2 unspecified atom stereocenters. The lowest BCUT2D eigenvalue weighted by molar-refractivity contribution is 0.307. The van der Waals surface area contributed by atoms with Gasteiger partial charge in [-0.1, -0.05) is 49.5 Å². The smallest absolute Gasteiger partial charge is 0.0595 e. The Bertz CT molecular complexity index is 456. The molecule has 1 aliphatic rings. The van der Waals surface area contributed by atoms with Crippen LogP contribution in [0, 0.1) is 5.41 Å². The van der Waals surface area contributed by atoms with Crippen LogP contribution in [0.25, 0.3) is 0 Å². The van der Waals surface area contributed by atoms with Crippen molar-refractivity contribution in [3.63, 3.8) is 0 Å². The van der Waals surface area contributed by atoms with Crippen LogP contribution in [0.4, 0.5) is 0 Å². The molecule has 3 heteroatoms. The molecule has 0 bridgehead atoms. The zero-order chi connectivity index (χ0) is 14.8. The zero-order valence-electron chi connectivity index (χ0n) is 12.7. The average molecular weight is 314 g/mol. The van der Waals surface area contributed by atoms with Crippen molar-refractivity contribution in [3.05, 3.63) is 33.8 Å². The van der Waals surface area contributed by atoms with Gasteiger partial charge in [0.05, 0.1) is 10.0 Å². The number of halogens is 2. The summed E-state index contributed by atoms with van der Waals surface area (Å²) in [6.07, 6.45) is 6.50. The summed E-state index contributed by atoms with van der Waals surface area (Å²) < 4.78 is 0. The molecule has 0 aliphatic heterocycles. The molecule has 0 heterocycles. The summed E-state index contributed by atoms with van der Waals surface area (Å²) in [5.74, 6) is 0. The molecule has 112 valence electrons. The fraction of sp³-hybridized carbons (Fsp3) is 0.647.